The molecule has 1 fully saturated rings. The molecule has 0 radical (unpaired) electrons. The first-order valence-corrected chi connectivity index (χ1v) is 14.3. The van der Waals surface area contributed by atoms with Gasteiger partial charge in [0.15, 0.2) is 0 Å². The second kappa shape index (κ2) is 8.87. The molecule has 5 aromatic rings. The summed E-state index contributed by atoms with van der Waals surface area (Å²) >= 11 is 1.88. The lowest BCUT2D eigenvalue weighted by Gasteiger charge is -2.32. The molecule has 1 aliphatic carbocycles. The maximum atomic E-state index is 6.60. The summed E-state index contributed by atoms with van der Waals surface area (Å²) in [6, 6.07) is 21.8. The zero-order valence-electron chi connectivity index (χ0n) is 22.6. The van der Waals surface area contributed by atoms with Gasteiger partial charge < -0.3 is 13.9 Å². The summed E-state index contributed by atoms with van der Waals surface area (Å²) in [5.74, 6) is 0. The largest absolute Gasteiger partial charge is 0.496 e. The van der Waals surface area contributed by atoms with Crippen LogP contribution in [0.4, 0.5) is 0 Å². The zero-order chi connectivity index (χ0) is 25.9. The molecule has 0 unspecified atom stereocenters. The maximum Gasteiger partial charge on any atom is 0.496 e. The van der Waals surface area contributed by atoms with E-state index in [1.165, 1.54) is 48.0 Å². The number of fused-ring (bicyclic) bond motifs is 7. The van der Waals surface area contributed by atoms with E-state index < -0.39 is 7.12 Å². The van der Waals surface area contributed by atoms with Crippen LogP contribution >= 0.6 is 11.3 Å². The summed E-state index contributed by atoms with van der Waals surface area (Å²) in [6.45, 7) is 12.5. The molecule has 0 saturated carbocycles. The fraction of sp³-hybridized carbons (Fsp3) is 0.312. The van der Waals surface area contributed by atoms with E-state index in [1.807, 2.05) is 25.2 Å². The van der Waals surface area contributed by atoms with Gasteiger partial charge in [0.1, 0.15) is 0 Å². The molecular weight excluding hydrogens is 473 g/mol. The van der Waals surface area contributed by atoms with Crippen LogP contribution in [0, 0.1) is 0 Å². The number of aryl methyl sites for hydroxylation is 1. The van der Waals surface area contributed by atoms with Crippen molar-refractivity contribution in [2.24, 2.45) is 0 Å². The normalized spacial score (nSPS) is 17.8. The van der Waals surface area contributed by atoms with Crippen molar-refractivity contribution in [1.29, 1.82) is 0 Å². The Labute approximate surface area is 223 Å². The van der Waals surface area contributed by atoms with E-state index in [9.17, 15) is 0 Å². The van der Waals surface area contributed by atoms with Crippen molar-refractivity contribution < 1.29 is 9.31 Å². The average Bonchev–Trinajstić information content (AvgIpc) is 3.52. The monoisotopic (exact) mass is 507 g/mol. The van der Waals surface area contributed by atoms with Crippen LogP contribution in [-0.4, -0.2) is 22.9 Å². The lowest BCUT2D eigenvalue weighted by molar-refractivity contribution is 0.00578. The topological polar surface area (TPSA) is 23.4 Å². The van der Waals surface area contributed by atoms with Gasteiger partial charge in [-0.2, -0.15) is 0 Å². The quantitative estimate of drug-likeness (QED) is 0.225. The molecule has 3 heterocycles. The number of allylic oxidation sites excluding steroid dienone is 1. The number of thiophene rings is 1. The molecule has 0 atom stereocenters. The second-order valence-corrected chi connectivity index (χ2v) is 11.8. The molecule has 1 saturated heterocycles. The highest BCUT2D eigenvalue weighted by atomic mass is 32.1. The van der Waals surface area contributed by atoms with Crippen molar-refractivity contribution in [3.05, 3.63) is 77.2 Å². The number of nitrogens with zero attached hydrogens (tertiary/aromatic N) is 1. The van der Waals surface area contributed by atoms with Crippen LogP contribution in [0.3, 0.4) is 0 Å². The molecule has 0 amide bonds. The summed E-state index contributed by atoms with van der Waals surface area (Å²) in [5, 5.41) is 3.88. The van der Waals surface area contributed by atoms with Crippen LogP contribution in [0.2, 0.25) is 0 Å². The van der Waals surface area contributed by atoms with Crippen molar-refractivity contribution in [2.75, 3.05) is 0 Å². The van der Waals surface area contributed by atoms with E-state index in [0.29, 0.717) is 0 Å². The van der Waals surface area contributed by atoms with E-state index in [-0.39, 0.29) is 11.2 Å². The summed E-state index contributed by atoms with van der Waals surface area (Å²) < 4.78 is 16.9. The third-order valence-electron chi connectivity index (χ3n) is 8.10. The Morgan fingerprint density at radius 1 is 0.865 bits per heavy atom. The Bertz CT molecular complexity index is 1640. The van der Waals surface area contributed by atoms with Gasteiger partial charge in [-0.15, -0.1) is 11.3 Å². The van der Waals surface area contributed by atoms with Crippen molar-refractivity contribution in [3.8, 4) is 5.69 Å². The van der Waals surface area contributed by atoms with Crippen LogP contribution < -0.4 is 5.46 Å². The first-order valence-electron chi connectivity index (χ1n) is 13.4. The molecule has 0 N–H and O–H groups in total. The van der Waals surface area contributed by atoms with E-state index in [2.05, 4.69) is 105 Å². The molecule has 37 heavy (non-hydrogen) atoms. The Hall–Kier alpha value is -2.86. The smallest absolute Gasteiger partial charge is 0.399 e. The van der Waals surface area contributed by atoms with Crippen LogP contribution in [0.5, 0.6) is 0 Å². The molecule has 5 heteroatoms. The van der Waals surface area contributed by atoms with Crippen LogP contribution in [0.1, 0.15) is 58.4 Å². The first kappa shape index (κ1) is 24.5. The van der Waals surface area contributed by atoms with Crippen molar-refractivity contribution in [2.45, 2.75) is 65.6 Å². The molecule has 7 rings (SSSR count). The van der Waals surface area contributed by atoms with Crippen molar-refractivity contribution in [3.63, 3.8) is 0 Å². The molecule has 3 aromatic carbocycles. The lowest BCUT2D eigenvalue weighted by Crippen LogP contribution is -2.41. The molecule has 1 aliphatic heterocycles. The zero-order valence-corrected chi connectivity index (χ0v) is 23.4. The Balaban J connectivity index is 0.00000123. The minimum Gasteiger partial charge on any atom is -0.399 e. The van der Waals surface area contributed by atoms with Gasteiger partial charge in [0, 0.05) is 36.9 Å². The van der Waals surface area contributed by atoms with Gasteiger partial charge in [-0.3, -0.25) is 0 Å². The maximum absolute atomic E-state index is 6.60. The van der Waals surface area contributed by atoms with Crippen molar-refractivity contribution in [1.82, 2.24) is 4.57 Å². The highest BCUT2D eigenvalue weighted by Crippen LogP contribution is 2.45. The Morgan fingerprint density at radius 2 is 1.54 bits per heavy atom. The number of hydrogen-bond acceptors (Lipinski definition) is 3. The van der Waals surface area contributed by atoms with Crippen LogP contribution in [0.25, 0.3) is 43.7 Å². The van der Waals surface area contributed by atoms with Gasteiger partial charge in [-0.05, 0) is 70.4 Å². The molecule has 188 valence electrons. The Morgan fingerprint density at radius 3 is 2.27 bits per heavy atom. The fourth-order valence-electron chi connectivity index (χ4n) is 5.61. The molecule has 0 bridgehead atoms. The number of para-hydroxylation sites is 2. The molecule has 2 aromatic heterocycles. The summed E-state index contributed by atoms with van der Waals surface area (Å²) in [7, 11) is -0.394. The molecule has 0 spiro atoms. The summed E-state index contributed by atoms with van der Waals surface area (Å²) in [4.78, 5) is 1.36. The number of rotatable bonds is 2. The highest BCUT2D eigenvalue weighted by Gasteiger charge is 2.52. The standard InChI is InChI=1S/C30H28BNO2S.C2H6/c1-29(2)30(3,4)34-31(33-29)23-18-22-20-14-8-10-16-24(20)32(19-12-6-5-7-13-19)27(22)26-21-15-9-11-17-25(21)35-28(23)26;1-2/h5-8,10-14,16-18H,9,15H2,1-4H3;1-2H3. The van der Waals surface area contributed by atoms with Gasteiger partial charge in [0.05, 0.1) is 22.2 Å². The molecule has 3 nitrogen and oxygen atoms in total. The Kier molecular flexibility index (Phi) is 5.87. The van der Waals surface area contributed by atoms with Gasteiger partial charge in [-0.25, -0.2) is 0 Å². The van der Waals surface area contributed by atoms with Gasteiger partial charge in [0.2, 0.25) is 0 Å². The van der Waals surface area contributed by atoms with Gasteiger partial charge in [-0.1, -0.05) is 62.4 Å². The van der Waals surface area contributed by atoms with E-state index >= 15 is 0 Å². The van der Waals surface area contributed by atoms with E-state index in [4.69, 9.17) is 9.31 Å². The minimum atomic E-state index is -0.394. The third-order valence-corrected chi connectivity index (χ3v) is 9.35. The third kappa shape index (κ3) is 3.63. The van der Waals surface area contributed by atoms with E-state index in [1.54, 1.807) is 0 Å². The van der Waals surface area contributed by atoms with E-state index in [0.717, 1.165) is 18.3 Å². The van der Waals surface area contributed by atoms with Gasteiger partial charge >= 0.3 is 7.12 Å². The number of benzene rings is 3. The lowest BCUT2D eigenvalue weighted by atomic mass is 9.77. The predicted molar refractivity (Wildman–Crippen MR) is 161 cm³/mol. The minimum absolute atomic E-state index is 0.381. The van der Waals surface area contributed by atoms with Gasteiger partial charge in [0.25, 0.3) is 0 Å². The fourth-order valence-corrected chi connectivity index (χ4v) is 6.91. The predicted octanol–water partition coefficient (Wildman–Crippen LogP) is 8.28. The number of hydrogen-bond donors (Lipinski definition) is 0. The summed E-state index contributed by atoms with van der Waals surface area (Å²) in [6.07, 6.45) is 6.74. The van der Waals surface area contributed by atoms with Crippen molar-refractivity contribution >= 4 is 61.9 Å². The first-order chi connectivity index (χ1) is 17.9. The number of aromatic nitrogens is 1. The van der Waals surface area contributed by atoms with Crippen LogP contribution in [-0.2, 0) is 15.7 Å². The van der Waals surface area contributed by atoms with Crippen LogP contribution in [0.15, 0.2) is 66.7 Å². The molecular formula is C32H34BNO2S. The SMILES string of the molecule is CC.CC1(C)OB(c2cc3c4ccccc4n(-c4ccccc4)c3c3c4c(sc23)C=CCC4)OC1(C)C. The molecule has 2 aliphatic rings. The highest BCUT2D eigenvalue weighted by molar-refractivity contribution is 7.21. The second-order valence-electron chi connectivity index (χ2n) is 10.7. The average molecular weight is 508 g/mol. The summed E-state index contributed by atoms with van der Waals surface area (Å²) in [5.41, 5.74) is 5.55.